The number of benzene rings is 3. The van der Waals surface area contributed by atoms with E-state index >= 15 is 0 Å². The number of nitrogens with one attached hydrogen (secondary N) is 2. The summed E-state index contributed by atoms with van der Waals surface area (Å²) in [4.78, 5) is 25.0. The molecule has 2 N–H and O–H groups in total. The molecule has 16 heteroatoms. The molecule has 0 radical (unpaired) electrons. The maximum absolute atomic E-state index is 14.5. The molecule has 3 aromatic rings. The Hall–Kier alpha value is -3.69. The number of carbonyl (C=O) groups excluding carboxylic acids is 2. The van der Waals surface area contributed by atoms with Gasteiger partial charge in [-0.1, -0.05) is 18.2 Å². The molecule has 40 heavy (non-hydrogen) atoms. The first-order valence-electron chi connectivity index (χ1n) is 10.5. The van der Waals surface area contributed by atoms with Gasteiger partial charge in [0, 0.05) is 21.3 Å². The van der Waals surface area contributed by atoms with E-state index in [0.717, 1.165) is 24.3 Å². The Balaban J connectivity index is 2.00. The average Bonchev–Trinajstić information content (AvgIpc) is 2.82. The van der Waals surface area contributed by atoms with Crippen molar-refractivity contribution in [2.75, 3.05) is 10.6 Å². The van der Waals surface area contributed by atoms with Crippen molar-refractivity contribution >= 4 is 39.1 Å². The lowest BCUT2D eigenvalue weighted by Gasteiger charge is -2.31. The minimum atomic E-state index is -6.69. The molecule has 3 rings (SSSR count). The van der Waals surface area contributed by atoms with E-state index in [1.807, 2.05) is 0 Å². The van der Waals surface area contributed by atoms with Crippen LogP contribution in [0.5, 0.6) is 0 Å². The smallest absolute Gasteiger partial charge is 0.322 e. The zero-order valence-electron chi connectivity index (χ0n) is 19.1. The first-order chi connectivity index (χ1) is 18.3. The summed E-state index contributed by atoms with van der Waals surface area (Å²) in [5, 5.41) is 3.97. The molecule has 3 aromatic carbocycles. The van der Waals surface area contributed by atoms with Gasteiger partial charge in [0.25, 0.3) is 11.8 Å². The molecule has 0 saturated heterocycles. The second-order valence-corrected chi connectivity index (χ2v) is 8.86. The van der Waals surface area contributed by atoms with Crippen molar-refractivity contribution in [2.24, 2.45) is 0 Å². The highest BCUT2D eigenvalue weighted by Gasteiger charge is 2.73. The lowest BCUT2D eigenvalue weighted by Crippen LogP contribution is -2.50. The van der Waals surface area contributed by atoms with Gasteiger partial charge < -0.3 is 10.6 Å². The molecule has 0 saturated carbocycles. The molecule has 0 aromatic heterocycles. The molecular formula is C24H12BrF11N2O2. The van der Waals surface area contributed by atoms with Gasteiger partial charge in [-0.15, -0.1) is 0 Å². The first kappa shape index (κ1) is 30.8. The van der Waals surface area contributed by atoms with Crippen LogP contribution in [0.15, 0.2) is 65.1 Å². The minimum Gasteiger partial charge on any atom is -0.322 e. The average molecular weight is 649 g/mol. The molecular weight excluding hydrogens is 637 g/mol. The van der Waals surface area contributed by atoms with Crippen LogP contribution in [-0.2, 0) is 11.8 Å². The summed E-state index contributed by atoms with van der Waals surface area (Å²) in [5.74, 6) is -3.17. The normalized spacial score (nSPS) is 12.7. The fourth-order valence-electron chi connectivity index (χ4n) is 3.41. The highest BCUT2D eigenvalue weighted by molar-refractivity contribution is 9.10. The second kappa shape index (κ2) is 10.7. The van der Waals surface area contributed by atoms with E-state index < -0.39 is 74.7 Å². The van der Waals surface area contributed by atoms with Gasteiger partial charge in [-0.3, -0.25) is 9.59 Å². The van der Waals surface area contributed by atoms with Crippen molar-refractivity contribution in [3.05, 3.63) is 93.2 Å². The Bertz CT molecular complexity index is 1440. The molecule has 2 amide bonds. The fourth-order valence-corrected chi connectivity index (χ4v) is 3.97. The number of carbonyl (C=O) groups is 2. The van der Waals surface area contributed by atoms with Crippen LogP contribution in [-0.4, -0.2) is 24.2 Å². The molecule has 0 spiro atoms. The molecule has 0 unspecified atom stereocenters. The van der Waals surface area contributed by atoms with E-state index in [1.165, 1.54) is 24.3 Å². The number of anilines is 2. The van der Waals surface area contributed by atoms with Gasteiger partial charge in [0.1, 0.15) is 5.82 Å². The summed E-state index contributed by atoms with van der Waals surface area (Å²) < 4.78 is 147. The summed E-state index contributed by atoms with van der Waals surface area (Å²) in [5.41, 5.74) is -13.1. The largest absolute Gasteiger partial charge is 0.435 e. The molecule has 0 fully saturated rings. The third-order valence-corrected chi connectivity index (χ3v) is 5.94. The van der Waals surface area contributed by atoms with Crippen LogP contribution >= 0.6 is 15.9 Å². The van der Waals surface area contributed by atoms with Crippen LogP contribution in [0, 0.1) is 5.82 Å². The van der Waals surface area contributed by atoms with Crippen LogP contribution in [0.3, 0.4) is 0 Å². The van der Waals surface area contributed by atoms with E-state index in [1.54, 1.807) is 5.32 Å². The third kappa shape index (κ3) is 6.05. The highest BCUT2D eigenvalue weighted by Crippen LogP contribution is 2.55. The van der Waals surface area contributed by atoms with Gasteiger partial charge in [0.2, 0.25) is 0 Å². The number of hydrogen-bond donors (Lipinski definition) is 2. The predicted octanol–water partition coefficient (Wildman–Crippen LogP) is 8.40. The summed E-state index contributed by atoms with van der Waals surface area (Å²) in [6, 6.07) is 8.32. The Morgan fingerprint density at radius 2 is 1.30 bits per heavy atom. The van der Waals surface area contributed by atoms with Crippen molar-refractivity contribution in [1.29, 1.82) is 0 Å². The predicted molar refractivity (Wildman–Crippen MR) is 123 cm³/mol. The van der Waals surface area contributed by atoms with Crippen LogP contribution < -0.4 is 10.6 Å². The van der Waals surface area contributed by atoms with E-state index in [2.05, 4.69) is 21.2 Å². The van der Waals surface area contributed by atoms with E-state index in [9.17, 15) is 57.9 Å². The van der Waals surface area contributed by atoms with Gasteiger partial charge in [-0.2, -0.15) is 39.5 Å². The zero-order valence-corrected chi connectivity index (χ0v) is 20.7. The maximum Gasteiger partial charge on any atom is 0.435 e. The Morgan fingerprint density at radius 1 is 0.700 bits per heavy atom. The van der Waals surface area contributed by atoms with E-state index in [0.29, 0.717) is 0 Å². The summed E-state index contributed by atoms with van der Waals surface area (Å²) in [6.07, 6.45) is -19.0. The zero-order chi connectivity index (χ0) is 30.3. The number of hydrogen-bond acceptors (Lipinski definition) is 2. The topological polar surface area (TPSA) is 58.2 Å². The van der Waals surface area contributed by atoms with Gasteiger partial charge in [-0.25, -0.2) is 8.78 Å². The minimum absolute atomic E-state index is 0.121. The molecule has 0 bridgehead atoms. The molecule has 0 aliphatic carbocycles. The van der Waals surface area contributed by atoms with Crippen molar-refractivity contribution in [3.8, 4) is 0 Å². The van der Waals surface area contributed by atoms with Crippen molar-refractivity contribution in [1.82, 2.24) is 0 Å². The molecule has 214 valence electrons. The molecule has 4 nitrogen and oxygen atoms in total. The molecule has 0 aliphatic rings. The number of alkyl halides is 10. The number of amides is 2. The SMILES string of the molecule is O=C(Nc1c(Br)cc(C(F)(C(F)(F)F)C(F)(F)F)cc1C(F)(F)F)c1cccc(NC(=O)c2ccccc2F)c1. The van der Waals surface area contributed by atoms with E-state index in [-0.39, 0.29) is 17.3 Å². The van der Waals surface area contributed by atoms with Crippen molar-refractivity contribution in [3.63, 3.8) is 0 Å². The third-order valence-electron chi connectivity index (χ3n) is 5.31. The molecule has 0 heterocycles. The quantitative estimate of drug-likeness (QED) is 0.273. The lowest BCUT2D eigenvalue weighted by atomic mass is 9.92. The lowest BCUT2D eigenvalue weighted by molar-refractivity contribution is -0.348. The van der Waals surface area contributed by atoms with Gasteiger partial charge >= 0.3 is 24.2 Å². The second-order valence-electron chi connectivity index (χ2n) is 8.00. The van der Waals surface area contributed by atoms with Crippen LogP contribution in [0.4, 0.5) is 59.7 Å². The number of halogens is 12. The van der Waals surface area contributed by atoms with Gasteiger partial charge in [0.05, 0.1) is 16.8 Å². The number of rotatable bonds is 5. The van der Waals surface area contributed by atoms with Crippen molar-refractivity contribution in [2.45, 2.75) is 24.2 Å². The fraction of sp³-hybridized carbons (Fsp3) is 0.167. The Kier molecular flexibility index (Phi) is 8.26. The van der Waals surface area contributed by atoms with Crippen molar-refractivity contribution < 1.29 is 57.9 Å². The summed E-state index contributed by atoms with van der Waals surface area (Å²) in [7, 11) is 0. The molecule has 0 atom stereocenters. The Labute approximate surface area is 225 Å². The van der Waals surface area contributed by atoms with Gasteiger partial charge in [-0.05, 0) is 58.4 Å². The van der Waals surface area contributed by atoms with Crippen LogP contribution in [0.1, 0.15) is 31.8 Å². The van der Waals surface area contributed by atoms with Gasteiger partial charge in [0.15, 0.2) is 0 Å². The van der Waals surface area contributed by atoms with E-state index in [4.69, 9.17) is 0 Å². The molecule has 0 aliphatic heterocycles. The van der Waals surface area contributed by atoms with Crippen LogP contribution in [0.2, 0.25) is 0 Å². The maximum atomic E-state index is 14.5. The monoisotopic (exact) mass is 648 g/mol. The van der Waals surface area contributed by atoms with Crippen LogP contribution in [0.25, 0.3) is 0 Å². The summed E-state index contributed by atoms with van der Waals surface area (Å²) in [6.45, 7) is 0. The highest BCUT2D eigenvalue weighted by atomic mass is 79.9. The first-order valence-corrected chi connectivity index (χ1v) is 11.3. The summed E-state index contributed by atoms with van der Waals surface area (Å²) >= 11 is 2.39. The standard InChI is InChI=1S/C24H12BrF11N2O2/c25-16-10-12(21(27,23(31,32)33)24(34,35)36)9-15(22(28,29)30)18(16)38-19(39)11-4-3-5-13(8-11)37-20(40)14-6-1-2-7-17(14)26/h1-10H,(H,37,40)(H,38,39). The Morgan fingerprint density at radius 3 is 1.85 bits per heavy atom.